The average molecular weight is 249 g/mol. The molecule has 1 aliphatic heterocycles. The van der Waals surface area contributed by atoms with Gasteiger partial charge in [0.1, 0.15) is 0 Å². The molecule has 0 radical (unpaired) electrons. The first-order chi connectivity index (χ1) is 7.77. The van der Waals surface area contributed by atoms with Crippen LogP contribution in [0.5, 0.6) is 0 Å². The Labute approximate surface area is 102 Å². The first kappa shape index (κ1) is 13.6. The summed E-state index contributed by atoms with van der Waals surface area (Å²) in [5.74, 6) is 0.739. The van der Waals surface area contributed by atoms with Crippen LogP contribution in [0.25, 0.3) is 0 Å². The Balaban J connectivity index is 2.15. The lowest BCUT2D eigenvalue weighted by Crippen LogP contribution is -2.49. The van der Waals surface area contributed by atoms with Crippen molar-refractivity contribution in [1.29, 1.82) is 0 Å². The van der Waals surface area contributed by atoms with E-state index in [0.29, 0.717) is 6.61 Å². The van der Waals surface area contributed by atoms with Crippen LogP contribution in [0.4, 0.5) is 4.79 Å². The molecule has 0 N–H and O–H groups in total. The maximum Gasteiger partial charge on any atom is 0.409 e. The topological polar surface area (TPSA) is 32.8 Å². The Hall–Kier alpha value is -0.480. The van der Waals surface area contributed by atoms with E-state index < -0.39 is 0 Å². The van der Waals surface area contributed by atoms with Crippen LogP contribution in [-0.4, -0.2) is 61.1 Å². The number of hydrogen-bond donors (Lipinski definition) is 0. The highest BCUT2D eigenvalue weighted by Gasteiger charge is 2.21. The van der Waals surface area contributed by atoms with Gasteiger partial charge in [-0.15, -0.1) is 11.6 Å². The Kier molecular flexibility index (Phi) is 6.57. The molecule has 0 aromatic carbocycles. The highest BCUT2D eigenvalue weighted by atomic mass is 35.5. The molecule has 0 aromatic rings. The molecular formula is C11H21ClN2O2. The molecule has 1 saturated heterocycles. The summed E-state index contributed by atoms with van der Waals surface area (Å²) in [6.07, 6.45) is 2.03. The summed E-state index contributed by atoms with van der Waals surface area (Å²) >= 11 is 5.63. The van der Waals surface area contributed by atoms with Crippen LogP contribution in [0.3, 0.4) is 0 Å². The summed E-state index contributed by atoms with van der Waals surface area (Å²) in [7, 11) is 0. The van der Waals surface area contributed by atoms with Gasteiger partial charge in [-0.2, -0.15) is 0 Å². The van der Waals surface area contributed by atoms with Crippen molar-refractivity contribution < 1.29 is 9.53 Å². The molecule has 1 aliphatic rings. The highest BCUT2D eigenvalue weighted by molar-refractivity contribution is 6.17. The van der Waals surface area contributed by atoms with E-state index in [1.165, 1.54) is 0 Å². The van der Waals surface area contributed by atoms with Crippen molar-refractivity contribution in [3.8, 4) is 0 Å². The third-order valence-electron chi connectivity index (χ3n) is 2.76. The Morgan fingerprint density at radius 2 is 1.94 bits per heavy atom. The number of rotatable bonds is 5. The number of carbonyl (C=O) groups excluding carboxylic acids is 1. The van der Waals surface area contributed by atoms with Gasteiger partial charge in [0.25, 0.3) is 0 Å². The van der Waals surface area contributed by atoms with Crippen molar-refractivity contribution in [1.82, 2.24) is 9.80 Å². The SMILES string of the molecule is CCOC(=O)N1CCN(CCCCCl)CC1. The number of halogens is 1. The molecule has 1 amide bonds. The number of unbranched alkanes of at least 4 members (excludes halogenated alkanes) is 1. The van der Waals surface area contributed by atoms with E-state index in [2.05, 4.69) is 4.90 Å². The molecule has 94 valence electrons. The van der Waals surface area contributed by atoms with Crippen LogP contribution in [0.2, 0.25) is 0 Å². The predicted molar refractivity (Wildman–Crippen MR) is 65.0 cm³/mol. The van der Waals surface area contributed by atoms with Gasteiger partial charge in [-0.25, -0.2) is 4.79 Å². The van der Waals surface area contributed by atoms with E-state index in [9.17, 15) is 4.79 Å². The van der Waals surface area contributed by atoms with Crippen molar-refractivity contribution in [2.24, 2.45) is 0 Å². The van der Waals surface area contributed by atoms with Crippen LogP contribution in [0.15, 0.2) is 0 Å². The van der Waals surface area contributed by atoms with Gasteiger partial charge in [0.05, 0.1) is 6.61 Å². The number of piperazine rings is 1. The van der Waals surface area contributed by atoms with E-state index in [0.717, 1.165) is 51.4 Å². The number of nitrogens with zero attached hydrogens (tertiary/aromatic N) is 2. The Morgan fingerprint density at radius 1 is 1.25 bits per heavy atom. The molecule has 0 spiro atoms. The number of hydrogen-bond acceptors (Lipinski definition) is 3. The molecule has 0 bridgehead atoms. The predicted octanol–water partition coefficient (Wildman–Crippen LogP) is 1.78. The molecule has 1 fully saturated rings. The molecular weight excluding hydrogens is 228 g/mol. The number of ether oxygens (including phenoxy) is 1. The standard InChI is InChI=1S/C11H21ClN2O2/c1-2-16-11(15)14-9-7-13(8-10-14)6-4-3-5-12/h2-10H2,1H3. The van der Waals surface area contributed by atoms with Crippen molar-refractivity contribution in [3.05, 3.63) is 0 Å². The lowest BCUT2D eigenvalue weighted by Gasteiger charge is -2.33. The highest BCUT2D eigenvalue weighted by Crippen LogP contribution is 2.05. The Morgan fingerprint density at radius 3 is 2.50 bits per heavy atom. The van der Waals surface area contributed by atoms with Gasteiger partial charge in [-0.3, -0.25) is 4.90 Å². The largest absolute Gasteiger partial charge is 0.450 e. The number of carbonyl (C=O) groups is 1. The minimum atomic E-state index is -0.178. The monoisotopic (exact) mass is 248 g/mol. The summed E-state index contributed by atoms with van der Waals surface area (Å²) in [5.41, 5.74) is 0. The quantitative estimate of drug-likeness (QED) is 0.549. The lowest BCUT2D eigenvalue weighted by atomic mass is 10.2. The molecule has 4 nitrogen and oxygen atoms in total. The van der Waals surface area contributed by atoms with Crippen LogP contribution in [-0.2, 0) is 4.74 Å². The van der Waals surface area contributed by atoms with E-state index >= 15 is 0 Å². The van der Waals surface area contributed by atoms with E-state index in [-0.39, 0.29) is 6.09 Å². The van der Waals surface area contributed by atoms with Gasteiger partial charge in [0, 0.05) is 32.1 Å². The van der Waals surface area contributed by atoms with E-state index in [1.807, 2.05) is 6.92 Å². The third kappa shape index (κ3) is 4.58. The smallest absolute Gasteiger partial charge is 0.409 e. The van der Waals surface area contributed by atoms with Gasteiger partial charge in [0.2, 0.25) is 0 Å². The summed E-state index contributed by atoms with van der Waals surface area (Å²) < 4.78 is 4.97. The Bertz CT molecular complexity index is 206. The fourth-order valence-electron chi connectivity index (χ4n) is 1.80. The van der Waals surface area contributed by atoms with Gasteiger partial charge in [0.15, 0.2) is 0 Å². The normalized spacial score (nSPS) is 17.5. The molecule has 0 atom stereocenters. The fourth-order valence-corrected chi connectivity index (χ4v) is 1.99. The number of alkyl halides is 1. The van der Waals surface area contributed by atoms with Crippen LogP contribution in [0.1, 0.15) is 19.8 Å². The van der Waals surface area contributed by atoms with Crippen LogP contribution >= 0.6 is 11.6 Å². The minimum Gasteiger partial charge on any atom is -0.450 e. The van der Waals surface area contributed by atoms with Gasteiger partial charge >= 0.3 is 6.09 Å². The molecule has 1 rings (SSSR count). The van der Waals surface area contributed by atoms with E-state index in [1.54, 1.807) is 4.90 Å². The zero-order valence-corrected chi connectivity index (χ0v) is 10.7. The lowest BCUT2D eigenvalue weighted by molar-refractivity contribution is 0.0793. The third-order valence-corrected chi connectivity index (χ3v) is 3.02. The zero-order valence-electron chi connectivity index (χ0n) is 9.95. The van der Waals surface area contributed by atoms with Gasteiger partial charge in [-0.1, -0.05) is 0 Å². The second-order valence-electron chi connectivity index (χ2n) is 3.92. The maximum absolute atomic E-state index is 11.4. The second-order valence-corrected chi connectivity index (χ2v) is 4.30. The molecule has 0 aliphatic carbocycles. The van der Waals surface area contributed by atoms with Gasteiger partial charge in [-0.05, 0) is 26.3 Å². The first-order valence-corrected chi connectivity index (χ1v) is 6.51. The van der Waals surface area contributed by atoms with Crippen LogP contribution in [0, 0.1) is 0 Å². The summed E-state index contributed by atoms with van der Waals surface area (Å²) in [4.78, 5) is 15.6. The molecule has 0 unspecified atom stereocenters. The molecule has 5 heteroatoms. The van der Waals surface area contributed by atoms with Gasteiger partial charge < -0.3 is 9.64 Å². The average Bonchev–Trinajstić information content (AvgIpc) is 2.30. The fraction of sp³-hybridized carbons (Fsp3) is 0.909. The maximum atomic E-state index is 11.4. The summed E-state index contributed by atoms with van der Waals surface area (Å²) in [6, 6.07) is 0. The summed E-state index contributed by atoms with van der Waals surface area (Å²) in [5, 5.41) is 0. The van der Waals surface area contributed by atoms with Crippen molar-refractivity contribution in [3.63, 3.8) is 0 Å². The first-order valence-electron chi connectivity index (χ1n) is 5.98. The molecule has 0 aromatic heterocycles. The van der Waals surface area contributed by atoms with Crippen molar-refractivity contribution in [2.45, 2.75) is 19.8 Å². The minimum absolute atomic E-state index is 0.178. The van der Waals surface area contributed by atoms with Crippen molar-refractivity contribution in [2.75, 3.05) is 45.2 Å². The summed E-state index contributed by atoms with van der Waals surface area (Å²) in [6.45, 7) is 6.82. The van der Waals surface area contributed by atoms with E-state index in [4.69, 9.17) is 16.3 Å². The van der Waals surface area contributed by atoms with Crippen molar-refractivity contribution >= 4 is 17.7 Å². The number of amides is 1. The molecule has 16 heavy (non-hydrogen) atoms. The molecule has 1 heterocycles. The molecule has 0 saturated carbocycles. The van der Waals surface area contributed by atoms with Crippen LogP contribution < -0.4 is 0 Å². The zero-order chi connectivity index (χ0) is 11.8. The second kappa shape index (κ2) is 7.74.